The molecular weight excluding hydrogens is 316 g/mol. The molecule has 0 amide bonds. The molecule has 128 valence electrons. The van der Waals surface area contributed by atoms with E-state index in [9.17, 15) is 4.79 Å². The van der Waals surface area contributed by atoms with Gasteiger partial charge in [-0.3, -0.25) is 0 Å². The molecule has 1 aromatic heterocycles. The van der Waals surface area contributed by atoms with Gasteiger partial charge in [0.1, 0.15) is 6.61 Å². The van der Waals surface area contributed by atoms with Crippen molar-refractivity contribution in [2.75, 3.05) is 7.11 Å². The van der Waals surface area contributed by atoms with Crippen LogP contribution in [0.5, 0.6) is 11.5 Å². The molecule has 0 radical (unpaired) electrons. The molecule has 0 unspecified atom stereocenters. The van der Waals surface area contributed by atoms with Gasteiger partial charge in [0.25, 0.3) is 0 Å². The Bertz CT molecular complexity index is 957. The zero-order valence-corrected chi connectivity index (χ0v) is 14.2. The number of rotatable bonds is 4. The highest BCUT2D eigenvalue weighted by Gasteiger charge is 2.22. The lowest BCUT2D eigenvalue weighted by atomic mass is 9.90. The first-order valence-corrected chi connectivity index (χ1v) is 8.60. The van der Waals surface area contributed by atoms with Crippen LogP contribution in [0.25, 0.3) is 11.0 Å². The summed E-state index contributed by atoms with van der Waals surface area (Å²) in [7, 11) is 1.59. The fraction of sp³-hybridized carbons (Fsp3) is 0.286. The van der Waals surface area contributed by atoms with E-state index < -0.39 is 0 Å². The van der Waals surface area contributed by atoms with Crippen LogP contribution >= 0.6 is 0 Å². The van der Waals surface area contributed by atoms with Gasteiger partial charge >= 0.3 is 5.63 Å². The number of ether oxygens (including phenoxy) is 2. The van der Waals surface area contributed by atoms with Crippen LogP contribution in [-0.4, -0.2) is 7.11 Å². The fourth-order valence-electron chi connectivity index (χ4n) is 3.49. The highest BCUT2D eigenvalue weighted by atomic mass is 16.5. The maximum absolute atomic E-state index is 12.4. The third kappa shape index (κ3) is 2.88. The zero-order chi connectivity index (χ0) is 17.2. The Morgan fingerprint density at radius 3 is 2.52 bits per heavy atom. The van der Waals surface area contributed by atoms with E-state index in [1.54, 1.807) is 7.11 Å². The summed E-state index contributed by atoms with van der Waals surface area (Å²) in [6, 6.07) is 13.7. The van der Waals surface area contributed by atoms with Gasteiger partial charge in [-0.1, -0.05) is 30.3 Å². The predicted octanol–water partition coefficient (Wildman–Crippen LogP) is 4.26. The topological polar surface area (TPSA) is 48.7 Å². The molecule has 0 N–H and O–H groups in total. The minimum Gasteiger partial charge on any atom is -0.493 e. The number of fused-ring (bicyclic) bond motifs is 3. The molecule has 1 aliphatic carbocycles. The number of methoxy groups -OCH3 is 1. The Hall–Kier alpha value is -2.75. The third-order valence-corrected chi connectivity index (χ3v) is 4.76. The van der Waals surface area contributed by atoms with E-state index in [0.717, 1.165) is 47.8 Å². The van der Waals surface area contributed by atoms with Gasteiger partial charge in [-0.2, -0.15) is 0 Å². The van der Waals surface area contributed by atoms with Gasteiger partial charge in [-0.05, 0) is 48.9 Å². The van der Waals surface area contributed by atoms with Crippen LogP contribution in [0.4, 0.5) is 0 Å². The molecule has 1 aliphatic rings. The van der Waals surface area contributed by atoms with Crippen molar-refractivity contribution in [3.63, 3.8) is 0 Å². The first kappa shape index (κ1) is 15.8. The summed E-state index contributed by atoms with van der Waals surface area (Å²) in [5.74, 6) is 1.07. The van der Waals surface area contributed by atoms with Gasteiger partial charge in [-0.25, -0.2) is 4.79 Å². The minimum absolute atomic E-state index is 0.250. The second-order valence-corrected chi connectivity index (χ2v) is 6.30. The molecule has 2 aromatic carbocycles. The molecule has 25 heavy (non-hydrogen) atoms. The van der Waals surface area contributed by atoms with E-state index in [1.165, 1.54) is 0 Å². The van der Waals surface area contributed by atoms with Crippen molar-refractivity contribution in [3.8, 4) is 11.5 Å². The summed E-state index contributed by atoms with van der Waals surface area (Å²) in [4.78, 5) is 12.4. The molecule has 0 atom stereocenters. The molecule has 4 rings (SSSR count). The second kappa shape index (κ2) is 6.63. The van der Waals surface area contributed by atoms with Gasteiger partial charge in [0.15, 0.2) is 11.3 Å². The average molecular weight is 336 g/mol. The molecule has 4 nitrogen and oxygen atoms in total. The largest absolute Gasteiger partial charge is 0.493 e. The summed E-state index contributed by atoms with van der Waals surface area (Å²) in [6.45, 7) is 0.386. The smallest absolute Gasteiger partial charge is 0.339 e. The molecule has 0 saturated heterocycles. The summed E-state index contributed by atoms with van der Waals surface area (Å²) in [6.07, 6.45) is 3.83. The molecule has 0 aliphatic heterocycles. The summed E-state index contributed by atoms with van der Waals surface area (Å²) in [5.41, 5.74) is 3.20. The maximum atomic E-state index is 12.4. The van der Waals surface area contributed by atoms with Crippen LogP contribution < -0.4 is 15.1 Å². The number of hydrogen-bond acceptors (Lipinski definition) is 4. The minimum atomic E-state index is -0.250. The zero-order valence-electron chi connectivity index (χ0n) is 14.2. The van der Waals surface area contributed by atoms with Crippen LogP contribution in [-0.2, 0) is 19.4 Å². The Balaban J connectivity index is 1.83. The van der Waals surface area contributed by atoms with E-state index >= 15 is 0 Å². The number of aryl methyl sites for hydroxylation is 1. The Morgan fingerprint density at radius 1 is 1.00 bits per heavy atom. The van der Waals surface area contributed by atoms with Crippen molar-refractivity contribution in [2.45, 2.75) is 32.3 Å². The standard InChI is InChI=1S/C21H20O4/c1-23-18-12-11-16-15-9-5-6-10-17(15)21(22)25-19(16)20(18)24-13-14-7-3-2-4-8-14/h2-4,7-8,11-12H,5-6,9-10,13H2,1H3. The van der Waals surface area contributed by atoms with Gasteiger partial charge < -0.3 is 13.9 Å². The van der Waals surface area contributed by atoms with Crippen LogP contribution in [0.2, 0.25) is 0 Å². The highest BCUT2D eigenvalue weighted by molar-refractivity contribution is 5.88. The lowest BCUT2D eigenvalue weighted by Gasteiger charge is -2.18. The Labute approximate surface area is 146 Å². The first-order chi connectivity index (χ1) is 12.3. The Kier molecular flexibility index (Phi) is 4.18. The van der Waals surface area contributed by atoms with Crippen molar-refractivity contribution in [2.24, 2.45) is 0 Å². The quantitative estimate of drug-likeness (QED) is 0.668. The van der Waals surface area contributed by atoms with Crippen molar-refractivity contribution >= 4 is 11.0 Å². The number of benzene rings is 2. The van der Waals surface area contributed by atoms with Crippen molar-refractivity contribution < 1.29 is 13.9 Å². The molecule has 4 heteroatoms. The number of hydrogen-bond donors (Lipinski definition) is 0. The van der Waals surface area contributed by atoms with Crippen LogP contribution in [0.1, 0.15) is 29.5 Å². The fourth-order valence-corrected chi connectivity index (χ4v) is 3.49. The van der Waals surface area contributed by atoms with E-state index in [-0.39, 0.29) is 5.63 Å². The van der Waals surface area contributed by atoms with Crippen molar-refractivity contribution in [1.29, 1.82) is 0 Å². The van der Waals surface area contributed by atoms with E-state index in [0.29, 0.717) is 23.7 Å². The highest BCUT2D eigenvalue weighted by Crippen LogP contribution is 2.38. The predicted molar refractivity (Wildman–Crippen MR) is 96.5 cm³/mol. The van der Waals surface area contributed by atoms with Gasteiger partial charge in [0.2, 0.25) is 5.75 Å². The van der Waals surface area contributed by atoms with Crippen LogP contribution in [0.3, 0.4) is 0 Å². The Morgan fingerprint density at radius 2 is 1.76 bits per heavy atom. The van der Waals surface area contributed by atoms with E-state index in [2.05, 4.69) is 0 Å². The molecule has 3 aromatic rings. The maximum Gasteiger partial charge on any atom is 0.339 e. The van der Waals surface area contributed by atoms with Gasteiger partial charge in [0.05, 0.1) is 7.11 Å². The summed E-state index contributed by atoms with van der Waals surface area (Å²) >= 11 is 0. The second-order valence-electron chi connectivity index (χ2n) is 6.30. The van der Waals surface area contributed by atoms with Crippen molar-refractivity contribution in [1.82, 2.24) is 0 Å². The lowest BCUT2D eigenvalue weighted by molar-refractivity contribution is 0.283. The molecule has 0 saturated carbocycles. The molecule has 0 fully saturated rings. The average Bonchev–Trinajstić information content (AvgIpc) is 2.67. The summed E-state index contributed by atoms with van der Waals surface area (Å²) in [5, 5.41) is 0.957. The summed E-state index contributed by atoms with van der Waals surface area (Å²) < 4.78 is 17.1. The lowest BCUT2D eigenvalue weighted by Crippen LogP contribution is -2.16. The third-order valence-electron chi connectivity index (χ3n) is 4.76. The normalized spacial score (nSPS) is 13.5. The monoisotopic (exact) mass is 336 g/mol. The van der Waals surface area contributed by atoms with E-state index in [4.69, 9.17) is 13.9 Å². The first-order valence-electron chi connectivity index (χ1n) is 8.60. The van der Waals surface area contributed by atoms with Crippen molar-refractivity contribution in [3.05, 3.63) is 69.6 Å². The molecule has 1 heterocycles. The van der Waals surface area contributed by atoms with E-state index in [1.807, 2.05) is 42.5 Å². The SMILES string of the molecule is COc1ccc2c3c(c(=O)oc2c1OCc1ccccc1)CCCC3. The van der Waals surface area contributed by atoms with Crippen LogP contribution in [0.15, 0.2) is 51.7 Å². The van der Waals surface area contributed by atoms with Crippen LogP contribution in [0, 0.1) is 0 Å². The van der Waals surface area contributed by atoms with Gasteiger partial charge in [0, 0.05) is 10.9 Å². The molecular formula is C21H20O4. The molecule has 0 spiro atoms. The van der Waals surface area contributed by atoms with Gasteiger partial charge in [-0.15, -0.1) is 0 Å². The molecule has 0 bridgehead atoms.